The molecule has 1 atom stereocenters. The van der Waals surface area contributed by atoms with E-state index in [4.69, 9.17) is 0 Å². The van der Waals surface area contributed by atoms with E-state index in [1.165, 1.54) is 72.3 Å². The highest BCUT2D eigenvalue weighted by Gasteiger charge is 2.47. The van der Waals surface area contributed by atoms with Crippen LogP contribution in [0.4, 0.5) is 17.1 Å². The number of aryl methyl sites for hydroxylation is 2. The highest BCUT2D eigenvalue weighted by atomic mass is 15.1. The average Bonchev–Trinajstić information content (AvgIpc) is 3.59. The quantitative estimate of drug-likeness (QED) is 0.176. The van der Waals surface area contributed by atoms with Gasteiger partial charge in [0.25, 0.3) is 0 Å². The van der Waals surface area contributed by atoms with Crippen LogP contribution in [0.15, 0.2) is 164 Å². The Hall–Kier alpha value is -5.92. The molecule has 2 aliphatic rings. The maximum absolute atomic E-state index is 4.63. The van der Waals surface area contributed by atoms with Crippen LogP contribution in [0, 0.1) is 13.8 Å². The summed E-state index contributed by atoms with van der Waals surface area (Å²) in [6.07, 6.45) is 0. The van der Waals surface area contributed by atoms with E-state index in [-0.39, 0.29) is 5.41 Å². The van der Waals surface area contributed by atoms with Gasteiger partial charge in [-0.25, -0.2) is 0 Å². The van der Waals surface area contributed by atoms with Crippen molar-refractivity contribution in [1.29, 1.82) is 0 Å². The second-order valence-corrected chi connectivity index (χ2v) is 15.7. The zero-order valence-corrected chi connectivity index (χ0v) is 30.7. The molecule has 7 aromatic rings. The predicted octanol–water partition coefficient (Wildman–Crippen LogP) is 13.5. The second-order valence-electron chi connectivity index (χ2n) is 15.7. The van der Waals surface area contributed by atoms with Gasteiger partial charge in [-0.2, -0.15) is 0 Å². The van der Waals surface area contributed by atoms with Crippen LogP contribution in [-0.4, -0.2) is 0 Å². The van der Waals surface area contributed by atoms with E-state index < -0.39 is 5.41 Å². The summed E-state index contributed by atoms with van der Waals surface area (Å²) < 4.78 is 0. The van der Waals surface area contributed by atoms with Crippen molar-refractivity contribution in [3.63, 3.8) is 0 Å². The number of benzene rings is 7. The standard InChI is InChI=1S/C51H43N/c1-33-17-27-42-44(29-33)35(3)45-31-47-43-28-18-34(2)30-48(43)51(49(47)32-46(42)45,37-21-19-36(20-22-37)50(4,5)6)38-23-25-41(26-24-38)52(39-13-9-7-10-14-39)40-15-11-8-12-16-40/h7-32H,3H2,1-2,4-6H3. The topological polar surface area (TPSA) is 3.24 Å². The molecule has 0 radical (unpaired) electrons. The lowest BCUT2D eigenvalue weighted by Gasteiger charge is -2.35. The molecule has 0 spiro atoms. The number of rotatable bonds is 5. The first-order valence-electron chi connectivity index (χ1n) is 18.4. The molecule has 0 bridgehead atoms. The number of hydrogen-bond donors (Lipinski definition) is 0. The summed E-state index contributed by atoms with van der Waals surface area (Å²) in [5, 5.41) is 0. The van der Waals surface area contributed by atoms with Crippen molar-refractivity contribution in [2.45, 2.75) is 45.4 Å². The highest BCUT2D eigenvalue weighted by molar-refractivity contribution is 6.04. The summed E-state index contributed by atoms with van der Waals surface area (Å²) in [6, 6.07) is 58.9. The molecular weight excluding hydrogens is 627 g/mol. The Labute approximate surface area is 308 Å². The van der Waals surface area contributed by atoms with Crippen molar-refractivity contribution in [3.05, 3.63) is 214 Å². The molecule has 1 nitrogen and oxygen atoms in total. The van der Waals surface area contributed by atoms with Crippen LogP contribution in [0.3, 0.4) is 0 Å². The Morgan fingerprint density at radius 1 is 0.442 bits per heavy atom. The summed E-state index contributed by atoms with van der Waals surface area (Å²) in [7, 11) is 0. The van der Waals surface area contributed by atoms with Gasteiger partial charge in [-0.3, -0.25) is 0 Å². The zero-order chi connectivity index (χ0) is 35.8. The second kappa shape index (κ2) is 11.8. The summed E-state index contributed by atoms with van der Waals surface area (Å²) in [6.45, 7) is 15.9. The summed E-state index contributed by atoms with van der Waals surface area (Å²) in [5.74, 6) is 0. The highest BCUT2D eigenvalue weighted by Crippen LogP contribution is 2.59. The number of fused-ring (bicyclic) bond motifs is 6. The molecule has 2 aliphatic carbocycles. The number of anilines is 3. The Bertz CT molecular complexity index is 2460. The van der Waals surface area contributed by atoms with Crippen molar-refractivity contribution in [2.24, 2.45) is 0 Å². The van der Waals surface area contributed by atoms with Gasteiger partial charge in [0.15, 0.2) is 0 Å². The Morgan fingerprint density at radius 2 is 0.942 bits per heavy atom. The molecular formula is C51H43N. The molecule has 252 valence electrons. The molecule has 0 saturated carbocycles. The molecule has 0 fully saturated rings. The van der Waals surface area contributed by atoms with Gasteiger partial charge < -0.3 is 4.90 Å². The van der Waals surface area contributed by atoms with Gasteiger partial charge in [0.2, 0.25) is 0 Å². The lowest BCUT2D eigenvalue weighted by atomic mass is 9.66. The van der Waals surface area contributed by atoms with E-state index in [9.17, 15) is 0 Å². The van der Waals surface area contributed by atoms with Crippen LogP contribution in [0.2, 0.25) is 0 Å². The van der Waals surface area contributed by atoms with Gasteiger partial charge in [-0.15, -0.1) is 0 Å². The predicted molar refractivity (Wildman–Crippen MR) is 220 cm³/mol. The third-order valence-corrected chi connectivity index (χ3v) is 11.3. The molecule has 7 aromatic carbocycles. The van der Waals surface area contributed by atoms with E-state index in [0.717, 1.165) is 22.6 Å². The van der Waals surface area contributed by atoms with Gasteiger partial charge in [0, 0.05) is 17.1 Å². The van der Waals surface area contributed by atoms with Crippen LogP contribution in [-0.2, 0) is 10.8 Å². The summed E-state index contributed by atoms with van der Waals surface area (Å²) in [4.78, 5) is 2.34. The normalized spacial score (nSPS) is 15.5. The van der Waals surface area contributed by atoms with Crippen LogP contribution >= 0.6 is 0 Å². The van der Waals surface area contributed by atoms with E-state index in [2.05, 4.69) is 204 Å². The molecule has 1 unspecified atom stereocenters. The third kappa shape index (κ3) is 4.83. The van der Waals surface area contributed by atoms with Gasteiger partial charge in [-0.1, -0.05) is 148 Å². The van der Waals surface area contributed by atoms with Crippen molar-refractivity contribution in [1.82, 2.24) is 0 Å². The van der Waals surface area contributed by atoms with Crippen molar-refractivity contribution in [3.8, 4) is 22.3 Å². The molecule has 0 N–H and O–H groups in total. The van der Waals surface area contributed by atoms with Crippen LogP contribution in [0.5, 0.6) is 0 Å². The first-order chi connectivity index (χ1) is 25.1. The fraction of sp³-hybridized carbons (Fsp3) is 0.137. The smallest absolute Gasteiger partial charge is 0.0713 e. The van der Waals surface area contributed by atoms with Crippen molar-refractivity contribution < 1.29 is 0 Å². The minimum absolute atomic E-state index is 0.0524. The maximum Gasteiger partial charge on any atom is 0.0713 e. The third-order valence-electron chi connectivity index (χ3n) is 11.3. The van der Waals surface area contributed by atoms with Crippen LogP contribution < -0.4 is 4.90 Å². The molecule has 0 aliphatic heterocycles. The number of nitrogens with zero attached hydrogens (tertiary/aromatic N) is 1. The molecule has 0 saturated heterocycles. The fourth-order valence-electron chi connectivity index (χ4n) is 8.71. The van der Waals surface area contributed by atoms with Gasteiger partial charge >= 0.3 is 0 Å². The molecule has 52 heavy (non-hydrogen) atoms. The first-order valence-corrected chi connectivity index (χ1v) is 18.4. The minimum atomic E-state index is -0.528. The van der Waals surface area contributed by atoms with E-state index in [1.54, 1.807) is 0 Å². The average molecular weight is 670 g/mol. The first kappa shape index (κ1) is 32.0. The monoisotopic (exact) mass is 669 g/mol. The Morgan fingerprint density at radius 3 is 1.54 bits per heavy atom. The SMILES string of the molecule is C=C1c2cc(C)ccc2-c2cc3c(cc21)-c1ccc(C)cc1C3(c1ccc(N(c2ccccc2)c2ccccc2)cc1)c1ccc(C(C)(C)C)cc1. The Kier molecular flexibility index (Phi) is 7.28. The molecule has 0 heterocycles. The number of para-hydroxylation sites is 2. The van der Waals surface area contributed by atoms with Gasteiger partial charge in [-0.05, 0) is 135 Å². The zero-order valence-electron chi connectivity index (χ0n) is 30.7. The minimum Gasteiger partial charge on any atom is -0.311 e. The molecule has 9 rings (SSSR count). The largest absolute Gasteiger partial charge is 0.311 e. The van der Waals surface area contributed by atoms with Gasteiger partial charge in [0.05, 0.1) is 5.41 Å². The lowest BCUT2D eigenvalue weighted by molar-refractivity contribution is 0.589. The number of hydrogen-bond acceptors (Lipinski definition) is 1. The van der Waals surface area contributed by atoms with E-state index in [0.29, 0.717) is 0 Å². The summed E-state index contributed by atoms with van der Waals surface area (Å²) in [5.41, 5.74) is 20.7. The maximum atomic E-state index is 4.63. The molecule has 0 aromatic heterocycles. The lowest BCUT2D eigenvalue weighted by Crippen LogP contribution is -2.29. The Balaban J connectivity index is 1.32. The fourth-order valence-corrected chi connectivity index (χ4v) is 8.71. The van der Waals surface area contributed by atoms with E-state index >= 15 is 0 Å². The summed E-state index contributed by atoms with van der Waals surface area (Å²) >= 11 is 0. The van der Waals surface area contributed by atoms with E-state index in [1.807, 2.05) is 0 Å². The molecule has 1 heteroatoms. The van der Waals surface area contributed by atoms with Gasteiger partial charge in [0.1, 0.15) is 0 Å². The molecule has 0 amide bonds. The van der Waals surface area contributed by atoms with Crippen LogP contribution in [0.1, 0.15) is 70.8 Å². The van der Waals surface area contributed by atoms with Crippen LogP contribution in [0.25, 0.3) is 27.8 Å². The van der Waals surface area contributed by atoms with Crippen molar-refractivity contribution in [2.75, 3.05) is 4.90 Å². The van der Waals surface area contributed by atoms with Crippen molar-refractivity contribution >= 4 is 22.6 Å².